The lowest BCUT2D eigenvalue weighted by Crippen LogP contribution is -2.32. The minimum absolute atomic E-state index is 0.0566. The highest BCUT2D eigenvalue weighted by Gasteiger charge is 2.42. The zero-order valence-corrected chi connectivity index (χ0v) is 20.5. The summed E-state index contributed by atoms with van der Waals surface area (Å²) in [5.41, 5.74) is 3.50. The Labute approximate surface area is 210 Å². The lowest BCUT2D eigenvalue weighted by atomic mass is 9.99. The monoisotopic (exact) mass is 532 g/mol. The number of benzene rings is 3. The molecule has 0 aliphatic carbocycles. The van der Waals surface area contributed by atoms with E-state index in [-0.39, 0.29) is 29.4 Å². The van der Waals surface area contributed by atoms with Crippen LogP contribution in [0.1, 0.15) is 30.0 Å². The van der Waals surface area contributed by atoms with E-state index in [4.69, 9.17) is 10.5 Å². The number of hydrogen-bond acceptors (Lipinski definition) is 5. The van der Waals surface area contributed by atoms with E-state index in [2.05, 4.69) is 15.9 Å². The molecule has 1 N–H and O–H groups in total. The Bertz CT molecular complexity index is 1260. The SMILES string of the molecule is N=C(S[C@@H]1CC(=O)N(c2ccc(Br)cc2)C1=O)N1N=C(c2ccccc2)C[C@H]1c1ccccc1. The number of halogens is 1. The van der Waals surface area contributed by atoms with Gasteiger partial charge in [0.1, 0.15) is 5.25 Å². The van der Waals surface area contributed by atoms with E-state index in [1.807, 2.05) is 60.7 Å². The van der Waals surface area contributed by atoms with Crippen molar-refractivity contribution in [1.82, 2.24) is 5.01 Å². The van der Waals surface area contributed by atoms with E-state index in [0.717, 1.165) is 33.1 Å². The molecule has 0 saturated carbocycles. The van der Waals surface area contributed by atoms with E-state index in [0.29, 0.717) is 12.1 Å². The number of hydrazone groups is 1. The number of imide groups is 1. The van der Waals surface area contributed by atoms with Gasteiger partial charge in [0.25, 0.3) is 0 Å². The Hall–Kier alpha value is -3.23. The first-order valence-electron chi connectivity index (χ1n) is 10.9. The fourth-order valence-corrected chi connectivity index (χ4v) is 5.43. The van der Waals surface area contributed by atoms with Crippen LogP contribution in [0, 0.1) is 5.41 Å². The topological polar surface area (TPSA) is 76.8 Å². The highest BCUT2D eigenvalue weighted by molar-refractivity contribution is 9.10. The number of nitrogens with zero attached hydrogens (tertiary/aromatic N) is 3. The molecule has 1 fully saturated rings. The fourth-order valence-electron chi connectivity index (χ4n) is 4.18. The van der Waals surface area contributed by atoms with Crippen LogP contribution in [-0.2, 0) is 9.59 Å². The van der Waals surface area contributed by atoms with Gasteiger partial charge in [0.15, 0.2) is 5.17 Å². The van der Waals surface area contributed by atoms with E-state index in [9.17, 15) is 9.59 Å². The third-order valence-corrected chi connectivity index (χ3v) is 7.45. The molecule has 5 rings (SSSR count). The third kappa shape index (κ3) is 4.43. The van der Waals surface area contributed by atoms with Gasteiger partial charge in [-0.15, -0.1) is 0 Å². The van der Waals surface area contributed by atoms with Crippen LogP contribution in [0.4, 0.5) is 5.69 Å². The van der Waals surface area contributed by atoms with Crippen molar-refractivity contribution in [1.29, 1.82) is 5.41 Å². The van der Waals surface area contributed by atoms with Crippen molar-refractivity contribution >= 4 is 56.1 Å². The van der Waals surface area contributed by atoms with Crippen LogP contribution < -0.4 is 4.90 Å². The van der Waals surface area contributed by atoms with E-state index in [1.54, 1.807) is 29.3 Å². The molecule has 8 heteroatoms. The molecule has 2 aliphatic rings. The van der Waals surface area contributed by atoms with Gasteiger partial charge in [-0.1, -0.05) is 88.4 Å². The second kappa shape index (κ2) is 9.56. The van der Waals surface area contributed by atoms with Crippen LogP contribution in [-0.4, -0.2) is 33.0 Å². The summed E-state index contributed by atoms with van der Waals surface area (Å²) in [6.45, 7) is 0. The van der Waals surface area contributed by atoms with E-state index >= 15 is 0 Å². The average Bonchev–Trinajstić information content (AvgIpc) is 3.42. The van der Waals surface area contributed by atoms with Crippen molar-refractivity contribution in [3.05, 3.63) is 101 Å². The van der Waals surface area contributed by atoms with Crippen LogP contribution >= 0.6 is 27.7 Å². The second-order valence-electron chi connectivity index (χ2n) is 8.05. The fraction of sp³-hybridized carbons (Fsp3) is 0.154. The van der Waals surface area contributed by atoms with Crippen LogP contribution in [0.5, 0.6) is 0 Å². The maximum atomic E-state index is 13.1. The zero-order valence-electron chi connectivity index (χ0n) is 18.1. The third-order valence-electron chi connectivity index (χ3n) is 5.85. The normalized spacial score (nSPS) is 20.1. The summed E-state index contributed by atoms with van der Waals surface area (Å²) in [6, 6.07) is 26.8. The number of hydrogen-bond donors (Lipinski definition) is 1. The predicted octanol–water partition coefficient (Wildman–Crippen LogP) is 5.60. The van der Waals surface area contributed by atoms with Crippen LogP contribution in [0.2, 0.25) is 0 Å². The molecule has 170 valence electrons. The molecule has 0 bridgehead atoms. The number of rotatable bonds is 4. The summed E-state index contributed by atoms with van der Waals surface area (Å²) in [4.78, 5) is 27.0. The molecule has 0 spiro atoms. The Morgan fingerprint density at radius 3 is 2.24 bits per heavy atom. The lowest BCUT2D eigenvalue weighted by molar-refractivity contribution is -0.121. The van der Waals surface area contributed by atoms with Gasteiger partial charge in [-0.3, -0.25) is 15.0 Å². The first kappa shape index (κ1) is 22.6. The number of carbonyl (C=O) groups excluding carboxylic acids is 2. The molecule has 0 radical (unpaired) electrons. The molecule has 0 aromatic heterocycles. The molecule has 0 unspecified atom stereocenters. The number of nitrogens with one attached hydrogen (secondary N) is 1. The number of amides is 2. The Kier molecular flexibility index (Phi) is 6.34. The number of anilines is 1. The van der Waals surface area contributed by atoms with Gasteiger partial charge in [0, 0.05) is 17.3 Å². The minimum atomic E-state index is -0.656. The molecule has 2 aliphatic heterocycles. The molecule has 3 aromatic carbocycles. The maximum absolute atomic E-state index is 13.1. The molecule has 2 amide bonds. The van der Waals surface area contributed by atoms with Crippen molar-refractivity contribution in [3.63, 3.8) is 0 Å². The molecule has 2 heterocycles. The van der Waals surface area contributed by atoms with Gasteiger partial charge in [-0.05, 0) is 35.4 Å². The molecule has 6 nitrogen and oxygen atoms in total. The van der Waals surface area contributed by atoms with Gasteiger partial charge in [-0.2, -0.15) is 5.10 Å². The van der Waals surface area contributed by atoms with Crippen LogP contribution in [0.25, 0.3) is 0 Å². The molecule has 1 saturated heterocycles. The summed E-state index contributed by atoms with van der Waals surface area (Å²) < 4.78 is 0.871. The number of thioether (sulfide) groups is 1. The van der Waals surface area contributed by atoms with E-state index in [1.165, 1.54) is 4.90 Å². The van der Waals surface area contributed by atoms with Gasteiger partial charge in [0.2, 0.25) is 11.8 Å². The first-order chi connectivity index (χ1) is 16.5. The average molecular weight is 533 g/mol. The zero-order chi connectivity index (χ0) is 23.7. The molecule has 34 heavy (non-hydrogen) atoms. The maximum Gasteiger partial charge on any atom is 0.247 e. The largest absolute Gasteiger partial charge is 0.277 e. The molecular weight excluding hydrogens is 512 g/mol. The number of carbonyl (C=O) groups is 2. The summed E-state index contributed by atoms with van der Waals surface area (Å²) in [5, 5.41) is 14.8. The Morgan fingerprint density at radius 1 is 0.912 bits per heavy atom. The highest BCUT2D eigenvalue weighted by atomic mass is 79.9. The van der Waals surface area contributed by atoms with Gasteiger partial charge in [0.05, 0.1) is 17.4 Å². The summed E-state index contributed by atoms with van der Waals surface area (Å²) in [5.74, 6) is -0.558. The summed E-state index contributed by atoms with van der Waals surface area (Å²) in [6.07, 6.45) is 0.709. The standard InChI is InChI=1S/C26H21BrN4O2S/c27-19-11-13-20(14-12-19)30-24(32)16-23(25(30)33)34-26(28)31-22(18-9-5-2-6-10-18)15-21(29-31)17-7-3-1-4-8-17/h1-14,22-23,28H,15-16H2/t22-,23+/m0/s1. The number of amidine groups is 1. The van der Waals surface area contributed by atoms with E-state index < -0.39 is 5.25 Å². The van der Waals surface area contributed by atoms with Gasteiger partial charge < -0.3 is 0 Å². The second-order valence-corrected chi connectivity index (χ2v) is 10.2. The van der Waals surface area contributed by atoms with Crippen LogP contribution in [0.3, 0.4) is 0 Å². The predicted molar refractivity (Wildman–Crippen MR) is 139 cm³/mol. The summed E-state index contributed by atoms with van der Waals surface area (Å²) >= 11 is 4.47. The molecular formula is C26H21BrN4O2S. The van der Waals surface area contributed by atoms with Gasteiger partial charge >= 0.3 is 0 Å². The van der Waals surface area contributed by atoms with Gasteiger partial charge in [-0.25, -0.2) is 9.91 Å². The quantitative estimate of drug-likeness (QED) is 0.269. The van der Waals surface area contributed by atoms with Crippen molar-refractivity contribution in [2.75, 3.05) is 4.90 Å². The lowest BCUT2D eigenvalue weighted by Gasteiger charge is -2.24. The van der Waals surface area contributed by atoms with Crippen molar-refractivity contribution in [3.8, 4) is 0 Å². The molecule has 3 aromatic rings. The van der Waals surface area contributed by atoms with Crippen molar-refractivity contribution < 1.29 is 9.59 Å². The highest BCUT2D eigenvalue weighted by Crippen LogP contribution is 2.37. The minimum Gasteiger partial charge on any atom is -0.277 e. The first-order valence-corrected chi connectivity index (χ1v) is 12.5. The summed E-state index contributed by atoms with van der Waals surface area (Å²) in [7, 11) is 0. The van der Waals surface area contributed by atoms with Crippen LogP contribution in [0.15, 0.2) is 94.5 Å². The van der Waals surface area contributed by atoms with Crippen molar-refractivity contribution in [2.24, 2.45) is 5.10 Å². The molecule has 2 atom stereocenters. The smallest absolute Gasteiger partial charge is 0.247 e. The van der Waals surface area contributed by atoms with Crippen molar-refractivity contribution in [2.45, 2.75) is 24.1 Å². The Morgan fingerprint density at radius 2 is 1.56 bits per heavy atom. The Balaban J connectivity index is 1.38.